The molecular weight excluding hydrogens is 342 g/mol. The van der Waals surface area contributed by atoms with E-state index in [0.29, 0.717) is 23.6 Å². The van der Waals surface area contributed by atoms with Crippen molar-refractivity contribution in [3.8, 4) is 17.9 Å². The van der Waals surface area contributed by atoms with Gasteiger partial charge in [-0.2, -0.15) is 5.26 Å². The molecule has 0 fully saturated rings. The van der Waals surface area contributed by atoms with Crippen LogP contribution < -0.4 is 0 Å². The molecule has 0 aliphatic carbocycles. The van der Waals surface area contributed by atoms with Gasteiger partial charge in [0.25, 0.3) is 0 Å². The molecule has 1 heterocycles. The van der Waals surface area contributed by atoms with Crippen LogP contribution in [0.15, 0.2) is 36.9 Å². The zero-order valence-corrected chi connectivity index (χ0v) is 15.0. The summed E-state index contributed by atoms with van der Waals surface area (Å²) in [5.41, 5.74) is 2.87. The number of nitriles is 1. The maximum Gasteiger partial charge on any atom is 0.329 e. The summed E-state index contributed by atoms with van der Waals surface area (Å²) in [6.45, 7) is 5.25. The molecule has 0 atom stereocenters. The molecular formula is C21H19N3O3. The van der Waals surface area contributed by atoms with E-state index in [4.69, 9.17) is 15.1 Å². The number of carboxylic acid groups (broad SMARTS) is 1. The summed E-state index contributed by atoms with van der Waals surface area (Å²) in [4.78, 5) is 15.1. The fourth-order valence-electron chi connectivity index (χ4n) is 2.34. The second-order valence-electron chi connectivity index (χ2n) is 5.49. The Bertz CT molecular complexity index is 952. The van der Waals surface area contributed by atoms with Gasteiger partial charge in [0.15, 0.2) is 0 Å². The summed E-state index contributed by atoms with van der Waals surface area (Å²) in [6, 6.07) is 9.54. The smallest absolute Gasteiger partial charge is 0.329 e. The van der Waals surface area contributed by atoms with Crippen molar-refractivity contribution < 1.29 is 14.6 Å². The van der Waals surface area contributed by atoms with Crippen LogP contribution in [-0.2, 0) is 22.6 Å². The van der Waals surface area contributed by atoms with Crippen LogP contribution in [0.2, 0.25) is 0 Å². The second-order valence-corrected chi connectivity index (χ2v) is 5.49. The van der Waals surface area contributed by atoms with E-state index in [1.54, 1.807) is 10.6 Å². The molecule has 0 amide bonds. The molecule has 1 aromatic heterocycles. The van der Waals surface area contributed by atoms with E-state index in [0.717, 1.165) is 11.1 Å². The minimum absolute atomic E-state index is 0.0306. The van der Waals surface area contributed by atoms with Crippen molar-refractivity contribution >= 4 is 18.2 Å². The minimum Gasteiger partial charge on any atom is -0.480 e. The predicted octanol–water partition coefficient (Wildman–Crippen LogP) is 3.08. The Morgan fingerprint density at radius 2 is 2.11 bits per heavy atom. The van der Waals surface area contributed by atoms with E-state index >= 15 is 0 Å². The Balaban J connectivity index is 2.38. The van der Waals surface area contributed by atoms with Gasteiger partial charge in [-0.15, -0.1) is 0 Å². The van der Waals surface area contributed by atoms with Gasteiger partial charge in [0, 0.05) is 11.8 Å². The largest absolute Gasteiger partial charge is 0.480 e. The van der Waals surface area contributed by atoms with Crippen LogP contribution in [0.25, 0.3) is 12.3 Å². The molecule has 2 rings (SSSR count). The maximum atomic E-state index is 10.7. The Kier molecular flexibility index (Phi) is 7.13. The van der Waals surface area contributed by atoms with Gasteiger partial charge in [0.1, 0.15) is 23.8 Å². The molecule has 0 saturated carbocycles. The normalized spacial score (nSPS) is 10.2. The van der Waals surface area contributed by atoms with E-state index in [1.807, 2.05) is 43.5 Å². The van der Waals surface area contributed by atoms with Crippen LogP contribution in [-0.4, -0.2) is 27.2 Å². The van der Waals surface area contributed by atoms with Gasteiger partial charge in [-0.25, -0.2) is 9.78 Å². The lowest BCUT2D eigenvalue weighted by molar-refractivity contribution is -0.142. The first-order valence-electron chi connectivity index (χ1n) is 8.22. The number of hydrogen-bond acceptors (Lipinski definition) is 4. The number of hydrogen-bond donors (Lipinski definition) is 1. The highest BCUT2D eigenvalue weighted by atomic mass is 16.5. The van der Waals surface area contributed by atoms with E-state index in [-0.39, 0.29) is 6.61 Å². The molecule has 6 nitrogen and oxygen atoms in total. The fraction of sp³-hybridized carbons (Fsp3) is 0.190. The quantitative estimate of drug-likeness (QED) is 0.766. The van der Waals surface area contributed by atoms with Gasteiger partial charge in [0.2, 0.25) is 0 Å². The number of nitrogens with zero attached hydrogens (tertiary/aromatic N) is 3. The lowest BCUT2D eigenvalue weighted by Gasteiger charge is -2.01. The molecule has 0 bridgehead atoms. The number of rotatable bonds is 7. The van der Waals surface area contributed by atoms with Gasteiger partial charge in [-0.3, -0.25) is 4.57 Å². The highest BCUT2D eigenvalue weighted by molar-refractivity contribution is 5.68. The number of imidazole rings is 1. The summed E-state index contributed by atoms with van der Waals surface area (Å²) in [7, 11) is 0. The molecule has 0 unspecified atom stereocenters. The molecule has 1 N–H and O–H groups in total. The molecule has 0 saturated heterocycles. The van der Waals surface area contributed by atoms with Gasteiger partial charge in [0.05, 0.1) is 19.1 Å². The van der Waals surface area contributed by atoms with Crippen LogP contribution in [0.4, 0.5) is 0 Å². The van der Waals surface area contributed by atoms with Crippen molar-refractivity contribution in [2.45, 2.75) is 20.0 Å². The maximum absolute atomic E-state index is 10.7. The standard InChI is InChI=1S/C21H19N3O3/c1-3-13-24-19(10-9-16-5-7-17(8-6-16)11-12-22)18(23-20(24)4-2)14-27-15-21(25)26/h3-8,13H,2,11,14-15H2,1H3,(H,25,26)/b13-3-. The third-order valence-electron chi connectivity index (χ3n) is 3.52. The second kappa shape index (κ2) is 9.76. The summed E-state index contributed by atoms with van der Waals surface area (Å²) in [5, 5.41) is 17.5. The lowest BCUT2D eigenvalue weighted by Crippen LogP contribution is -2.07. The van der Waals surface area contributed by atoms with Gasteiger partial charge in [-0.05, 0) is 36.6 Å². The average Bonchev–Trinajstić information content (AvgIpc) is 2.98. The Hall–Kier alpha value is -3.61. The highest BCUT2D eigenvalue weighted by Crippen LogP contribution is 2.15. The van der Waals surface area contributed by atoms with E-state index in [1.165, 1.54) is 0 Å². The number of ether oxygens (including phenoxy) is 1. The van der Waals surface area contributed by atoms with Crippen LogP contribution in [0, 0.1) is 23.2 Å². The van der Waals surface area contributed by atoms with Crippen molar-refractivity contribution in [3.63, 3.8) is 0 Å². The summed E-state index contributed by atoms with van der Waals surface area (Å²) in [5.74, 6) is 5.71. The third-order valence-corrected chi connectivity index (χ3v) is 3.52. The van der Waals surface area contributed by atoms with Crippen molar-refractivity contribution in [3.05, 3.63) is 65.3 Å². The van der Waals surface area contributed by atoms with E-state index in [2.05, 4.69) is 29.5 Å². The Morgan fingerprint density at radius 3 is 2.70 bits per heavy atom. The molecule has 2 aromatic rings. The topological polar surface area (TPSA) is 88.1 Å². The lowest BCUT2D eigenvalue weighted by atomic mass is 10.1. The fourth-order valence-corrected chi connectivity index (χ4v) is 2.34. The molecule has 0 radical (unpaired) electrons. The monoisotopic (exact) mass is 361 g/mol. The molecule has 1 aromatic carbocycles. The van der Waals surface area contributed by atoms with E-state index in [9.17, 15) is 4.79 Å². The van der Waals surface area contributed by atoms with Crippen LogP contribution >= 0.6 is 0 Å². The number of benzene rings is 1. The third kappa shape index (κ3) is 5.43. The van der Waals surface area contributed by atoms with Crippen molar-refractivity contribution in [2.75, 3.05) is 6.61 Å². The minimum atomic E-state index is -1.04. The highest BCUT2D eigenvalue weighted by Gasteiger charge is 2.13. The first kappa shape index (κ1) is 19.7. The number of aromatic nitrogens is 2. The Morgan fingerprint density at radius 1 is 1.37 bits per heavy atom. The number of allylic oxidation sites excluding steroid dienone is 1. The molecule has 0 aliphatic rings. The van der Waals surface area contributed by atoms with E-state index < -0.39 is 12.6 Å². The summed E-state index contributed by atoms with van der Waals surface area (Å²) < 4.78 is 6.96. The van der Waals surface area contributed by atoms with Crippen molar-refractivity contribution in [1.29, 1.82) is 5.26 Å². The number of aliphatic carboxylic acids is 1. The van der Waals surface area contributed by atoms with Crippen LogP contribution in [0.1, 0.15) is 35.3 Å². The molecule has 6 heteroatoms. The summed E-state index contributed by atoms with van der Waals surface area (Å²) in [6.07, 6.45) is 5.61. The van der Waals surface area contributed by atoms with Crippen molar-refractivity contribution in [1.82, 2.24) is 9.55 Å². The zero-order chi connectivity index (χ0) is 19.6. The SMILES string of the molecule is C=Cc1nc(COCC(=O)O)c(C#Cc2ccc(CC#N)cc2)n1/C=C\C. The van der Waals surface area contributed by atoms with Crippen LogP contribution in [0.5, 0.6) is 0 Å². The number of carbonyl (C=O) groups is 1. The molecule has 27 heavy (non-hydrogen) atoms. The predicted molar refractivity (Wildman–Crippen MR) is 102 cm³/mol. The molecule has 0 aliphatic heterocycles. The number of carboxylic acids is 1. The van der Waals surface area contributed by atoms with Gasteiger partial charge in [-0.1, -0.05) is 30.7 Å². The summed E-state index contributed by atoms with van der Waals surface area (Å²) >= 11 is 0. The Labute approximate surface area is 158 Å². The average molecular weight is 361 g/mol. The first-order valence-corrected chi connectivity index (χ1v) is 8.22. The van der Waals surface area contributed by atoms with Gasteiger partial charge >= 0.3 is 5.97 Å². The van der Waals surface area contributed by atoms with Crippen molar-refractivity contribution in [2.24, 2.45) is 0 Å². The van der Waals surface area contributed by atoms with Gasteiger partial charge < -0.3 is 9.84 Å². The molecule has 0 spiro atoms. The zero-order valence-electron chi connectivity index (χ0n) is 15.0. The molecule has 136 valence electrons. The van der Waals surface area contributed by atoms with Crippen LogP contribution in [0.3, 0.4) is 0 Å². The first-order chi connectivity index (χ1) is 13.1.